The van der Waals surface area contributed by atoms with Crippen molar-refractivity contribution in [1.29, 1.82) is 0 Å². The first-order chi connectivity index (χ1) is 11.6. The Morgan fingerprint density at radius 3 is 2.62 bits per heavy atom. The number of aryl methyl sites for hydroxylation is 2. The molecule has 4 rings (SSSR count). The first kappa shape index (κ1) is 14.8. The molecule has 2 heterocycles. The van der Waals surface area contributed by atoms with Crippen molar-refractivity contribution in [3.05, 3.63) is 64.8 Å². The molecule has 2 N–H and O–H groups in total. The molecule has 24 heavy (non-hydrogen) atoms. The Hall–Kier alpha value is -2.75. The number of carbonyl (C=O) groups is 1. The maximum atomic E-state index is 12.7. The fourth-order valence-corrected chi connectivity index (χ4v) is 3.54. The summed E-state index contributed by atoms with van der Waals surface area (Å²) in [5.74, 6) is 0. The SMILES string of the molecule is Cc1cccc(C)c1NC(=O)N1CCc2[nH]c3ccccc3c2C1. The molecule has 3 aromatic rings. The smallest absolute Gasteiger partial charge is 0.322 e. The van der Waals surface area contributed by atoms with Gasteiger partial charge in [-0.2, -0.15) is 0 Å². The maximum absolute atomic E-state index is 12.7. The highest BCUT2D eigenvalue weighted by molar-refractivity contribution is 5.92. The van der Waals surface area contributed by atoms with Gasteiger partial charge in [0.1, 0.15) is 0 Å². The van der Waals surface area contributed by atoms with Crippen LogP contribution in [0, 0.1) is 13.8 Å². The molecule has 122 valence electrons. The molecule has 0 bridgehead atoms. The van der Waals surface area contributed by atoms with Crippen LogP contribution in [0.2, 0.25) is 0 Å². The van der Waals surface area contributed by atoms with Crippen LogP contribution in [-0.2, 0) is 13.0 Å². The Labute approximate surface area is 141 Å². The Morgan fingerprint density at radius 2 is 1.83 bits per heavy atom. The number of hydrogen-bond donors (Lipinski definition) is 2. The molecule has 0 unspecified atom stereocenters. The fourth-order valence-electron chi connectivity index (χ4n) is 3.54. The number of nitrogens with one attached hydrogen (secondary N) is 2. The quantitative estimate of drug-likeness (QED) is 0.687. The largest absolute Gasteiger partial charge is 0.358 e. The third-order valence-corrected chi connectivity index (χ3v) is 4.88. The van der Waals surface area contributed by atoms with E-state index in [1.165, 1.54) is 16.6 Å². The van der Waals surface area contributed by atoms with Crippen LogP contribution < -0.4 is 5.32 Å². The van der Waals surface area contributed by atoms with Crippen molar-refractivity contribution < 1.29 is 4.79 Å². The first-order valence-corrected chi connectivity index (χ1v) is 8.34. The average Bonchev–Trinajstić information content (AvgIpc) is 2.96. The van der Waals surface area contributed by atoms with Crippen LogP contribution in [0.3, 0.4) is 0 Å². The van der Waals surface area contributed by atoms with E-state index in [9.17, 15) is 4.79 Å². The van der Waals surface area contributed by atoms with Gasteiger partial charge < -0.3 is 15.2 Å². The van der Waals surface area contributed by atoms with Gasteiger partial charge in [0.25, 0.3) is 0 Å². The molecule has 1 aromatic heterocycles. The van der Waals surface area contributed by atoms with E-state index in [-0.39, 0.29) is 6.03 Å². The summed E-state index contributed by atoms with van der Waals surface area (Å²) < 4.78 is 0. The average molecular weight is 319 g/mol. The van der Waals surface area contributed by atoms with E-state index in [4.69, 9.17) is 0 Å². The topological polar surface area (TPSA) is 48.1 Å². The van der Waals surface area contributed by atoms with Crippen LogP contribution in [0.15, 0.2) is 42.5 Å². The lowest BCUT2D eigenvalue weighted by atomic mass is 10.0. The number of nitrogens with zero attached hydrogens (tertiary/aromatic N) is 1. The van der Waals surface area contributed by atoms with E-state index >= 15 is 0 Å². The number of aromatic amines is 1. The Balaban J connectivity index is 1.59. The van der Waals surface area contributed by atoms with Gasteiger partial charge in [-0.1, -0.05) is 36.4 Å². The molecular weight excluding hydrogens is 298 g/mol. The van der Waals surface area contributed by atoms with Crippen molar-refractivity contribution in [1.82, 2.24) is 9.88 Å². The standard InChI is InChI=1S/C20H21N3O/c1-13-6-5-7-14(2)19(13)22-20(24)23-11-10-18-16(12-23)15-8-3-4-9-17(15)21-18/h3-9,21H,10-12H2,1-2H3,(H,22,24). The summed E-state index contributed by atoms with van der Waals surface area (Å²) in [4.78, 5) is 18.1. The van der Waals surface area contributed by atoms with Crippen molar-refractivity contribution in [2.24, 2.45) is 0 Å². The van der Waals surface area contributed by atoms with E-state index in [2.05, 4.69) is 22.4 Å². The molecule has 2 amide bonds. The lowest BCUT2D eigenvalue weighted by molar-refractivity contribution is 0.206. The van der Waals surface area contributed by atoms with Crippen LogP contribution in [0.4, 0.5) is 10.5 Å². The van der Waals surface area contributed by atoms with Gasteiger partial charge in [0.15, 0.2) is 0 Å². The number of benzene rings is 2. The number of hydrogen-bond acceptors (Lipinski definition) is 1. The number of urea groups is 1. The minimum absolute atomic E-state index is 0.0247. The summed E-state index contributed by atoms with van der Waals surface area (Å²) in [6.07, 6.45) is 0.865. The second kappa shape index (κ2) is 5.71. The molecule has 0 saturated carbocycles. The van der Waals surface area contributed by atoms with Crippen LogP contribution in [0.25, 0.3) is 10.9 Å². The molecule has 2 aromatic carbocycles. The van der Waals surface area contributed by atoms with E-state index in [1.807, 2.05) is 49.1 Å². The number of fused-ring (bicyclic) bond motifs is 3. The number of amides is 2. The molecule has 0 fully saturated rings. The van der Waals surface area contributed by atoms with Gasteiger partial charge in [-0.3, -0.25) is 0 Å². The molecule has 0 spiro atoms. The monoisotopic (exact) mass is 319 g/mol. The van der Waals surface area contributed by atoms with Crippen LogP contribution in [-0.4, -0.2) is 22.5 Å². The Morgan fingerprint density at radius 1 is 1.08 bits per heavy atom. The highest BCUT2D eigenvalue weighted by atomic mass is 16.2. The van der Waals surface area contributed by atoms with Crippen LogP contribution in [0.1, 0.15) is 22.4 Å². The van der Waals surface area contributed by atoms with Crippen molar-refractivity contribution in [3.8, 4) is 0 Å². The summed E-state index contributed by atoms with van der Waals surface area (Å²) in [6.45, 7) is 5.43. The molecule has 1 aliphatic rings. The number of anilines is 1. The second-order valence-corrected chi connectivity index (χ2v) is 6.50. The van der Waals surface area contributed by atoms with Gasteiger partial charge in [-0.15, -0.1) is 0 Å². The highest BCUT2D eigenvalue weighted by Crippen LogP contribution is 2.28. The Bertz CT molecular complexity index is 906. The molecule has 0 atom stereocenters. The second-order valence-electron chi connectivity index (χ2n) is 6.50. The number of H-pyrrole nitrogens is 1. The van der Waals surface area contributed by atoms with Gasteiger partial charge in [0.05, 0.1) is 0 Å². The van der Waals surface area contributed by atoms with E-state index < -0.39 is 0 Å². The lowest BCUT2D eigenvalue weighted by Crippen LogP contribution is -2.39. The number of para-hydroxylation sites is 2. The zero-order chi connectivity index (χ0) is 16.7. The van der Waals surface area contributed by atoms with Crippen molar-refractivity contribution in [3.63, 3.8) is 0 Å². The first-order valence-electron chi connectivity index (χ1n) is 8.34. The predicted octanol–water partition coefficient (Wildman–Crippen LogP) is 4.37. The summed E-state index contributed by atoms with van der Waals surface area (Å²) >= 11 is 0. The third kappa shape index (κ3) is 2.44. The van der Waals surface area contributed by atoms with Gasteiger partial charge in [-0.25, -0.2) is 4.79 Å². The van der Waals surface area contributed by atoms with Gasteiger partial charge in [0, 0.05) is 47.4 Å². The zero-order valence-electron chi connectivity index (χ0n) is 14.0. The zero-order valence-corrected chi connectivity index (χ0v) is 14.0. The minimum atomic E-state index is -0.0247. The van der Waals surface area contributed by atoms with Gasteiger partial charge in [0.2, 0.25) is 0 Å². The highest BCUT2D eigenvalue weighted by Gasteiger charge is 2.24. The molecular formula is C20H21N3O. The molecule has 1 aliphatic heterocycles. The summed E-state index contributed by atoms with van der Waals surface area (Å²) in [6, 6.07) is 14.3. The maximum Gasteiger partial charge on any atom is 0.322 e. The number of aromatic nitrogens is 1. The van der Waals surface area contributed by atoms with Crippen molar-refractivity contribution >= 4 is 22.6 Å². The van der Waals surface area contributed by atoms with Gasteiger partial charge >= 0.3 is 6.03 Å². The molecule has 4 nitrogen and oxygen atoms in total. The van der Waals surface area contributed by atoms with Crippen molar-refractivity contribution in [2.75, 3.05) is 11.9 Å². The fraction of sp³-hybridized carbons (Fsp3) is 0.250. The van der Waals surface area contributed by atoms with Crippen molar-refractivity contribution in [2.45, 2.75) is 26.8 Å². The number of rotatable bonds is 1. The molecule has 0 aliphatic carbocycles. The molecule has 4 heteroatoms. The molecule has 0 saturated heterocycles. The van der Waals surface area contributed by atoms with E-state index in [0.29, 0.717) is 6.54 Å². The normalized spacial score (nSPS) is 13.8. The Kier molecular flexibility index (Phi) is 3.53. The van der Waals surface area contributed by atoms with Crippen LogP contribution >= 0.6 is 0 Å². The van der Waals surface area contributed by atoms with Gasteiger partial charge in [-0.05, 0) is 31.0 Å². The summed E-state index contributed by atoms with van der Waals surface area (Å²) in [7, 11) is 0. The van der Waals surface area contributed by atoms with Crippen LogP contribution in [0.5, 0.6) is 0 Å². The lowest BCUT2D eigenvalue weighted by Gasteiger charge is -2.28. The third-order valence-electron chi connectivity index (χ3n) is 4.88. The van der Waals surface area contributed by atoms with E-state index in [0.717, 1.165) is 35.3 Å². The summed E-state index contributed by atoms with van der Waals surface area (Å²) in [5.41, 5.74) is 6.76. The molecule has 0 radical (unpaired) electrons. The van der Waals surface area contributed by atoms with E-state index in [1.54, 1.807) is 0 Å². The minimum Gasteiger partial charge on any atom is -0.358 e. The number of carbonyl (C=O) groups excluding carboxylic acids is 1. The predicted molar refractivity (Wildman–Crippen MR) is 97.3 cm³/mol. The summed E-state index contributed by atoms with van der Waals surface area (Å²) in [5, 5.41) is 4.32.